The Balaban J connectivity index is 3.20. The van der Waals surface area contributed by atoms with Crippen LogP contribution < -0.4 is 10.5 Å². The summed E-state index contributed by atoms with van der Waals surface area (Å²) in [7, 11) is 1.51. The molecule has 0 unspecified atom stereocenters. The molecule has 0 atom stereocenters. The third-order valence-electron chi connectivity index (χ3n) is 1.98. The predicted molar refractivity (Wildman–Crippen MR) is 52.3 cm³/mol. The lowest BCUT2D eigenvalue weighted by Gasteiger charge is -2.10. The Morgan fingerprint density at radius 2 is 2.29 bits per heavy atom. The molecular weight excluding hydrogens is 182 g/mol. The van der Waals surface area contributed by atoms with Crippen molar-refractivity contribution in [3.63, 3.8) is 0 Å². The highest BCUT2D eigenvalue weighted by atomic mass is 16.5. The van der Waals surface area contributed by atoms with E-state index in [1.165, 1.54) is 7.11 Å². The van der Waals surface area contributed by atoms with Gasteiger partial charge in [-0.15, -0.1) is 0 Å². The van der Waals surface area contributed by atoms with Gasteiger partial charge in [0.2, 0.25) is 5.91 Å². The van der Waals surface area contributed by atoms with Gasteiger partial charge < -0.3 is 15.6 Å². The summed E-state index contributed by atoms with van der Waals surface area (Å²) in [4.78, 5) is 11.0. The molecule has 1 rings (SSSR count). The van der Waals surface area contributed by atoms with E-state index in [9.17, 15) is 4.79 Å². The quantitative estimate of drug-likeness (QED) is 0.727. The van der Waals surface area contributed by atoms with Crippen LogP contribution in [-0.2, 0) is 6.42 Å². The number of aliphatic hydroxyl groups is 1. The molecule has 0 aliphatic heterocycles. The van der Waals surface area contributed by atoms with Crippen LogP contribution in [0.5, 0.6) is 5.75 Å². The van der Waals surface area contributed by atoms with Gasteiger partial charge in [0.25, 0.3) is 0 Å². The lowest BCUT2D eigenvalue weighted by Crippen LogP contribution is -2.15. The third-order valence-corrected chi connectivity index (χ3v) is 1.98. The van der Waals surface area contributed by atoms with Gasteiger partial charge in [0.15, 0.2) is 0 Å². The van der Waals surface area contributed by atoms with Crippen molar-refractivity contribution in [2.24, 2.45) is 5.73 Å². The van der Waals surface area contributed by atoms with E-state index in [1.54, 1.807) is 18.2 Å². The monoisotopic (exact) mass is 195 g/mol. The molecular formula is C10H13NO3. The van der Waals surface area contributed by atoms with E-state index in [0.29, 0.717) is 23.3 Å². The van der Waals surface area contributed by atoms with Gasteiger partial charge in [0.05, 0.1) is 7.11 Å². The van der Waals surface area contributed by atoms with Crippen LogP contribution in [0.3, 0.4) is 0 Å². The van der Waals surface area contributed by atoms with Gasteiger partial charge in [0, 0.05) is 17.7 Å². The summed E-state index contributed by atoms with van der Waals surface area (Å²) in [6, 6.07) is 5.05. The fourth-order valence-electron chi connectivity index (χ4n) is 1.36. The smallest absolute Gasteiger partial charge is 0.249 e. The Hall–Kier alpha value is -1.55. The zero-order valence-electron chi connectivity index (χ0n) is 7.99. The minimum absolute atomic E-state index is 0.0410. The number of carbonyl (C=O) groups is 1. The number of ether oxygens (including phenoxy) is 1. The first-order valence-corrected chi connectivity index (χ1v) is 4.27. The number of benzene rings is 1. The summed E-state index contributed by atoms with van der Waals surface area (Å²) in [5.74, 6) is 0.0719. The highest BCUT2D eigenvalue weighted by Crippen LogP contribution is 2.22. The number of amides is 1. The minimum atomic E-state index is -0.507. The van der Waals surface area contributed by atoms with Gasteiger partial charge in [-0.05, 0) is 18.6 Å². The van der Waals surface area contributed by atoms with Crippen LogP contribution in [0.4, 0.5) is 0 Å². The van der Waals surface area contributed by atoms with Gasteiger partial charge in [0.1, 0.15) is 5.75 Å². The molecule has 0 aliphatic rings. The molecule has 76 valence electrons. The van der Waals surface area contributed by atoms with Crippen LogP contribution in [-0.4, -0.2) is 24.7 Å². The van der Waals surface area contributed by atoms with Crippen molar-refractivity contribution in [2.45, 2.75) is 6.42 Å². The second-order valence-corrected chi connectivity index (χ2v) is 2.82. The number of aliphatic hydroxyl groups excluding tert-OH is 1. The van der Waals surface area contributed by atoms with Crippen molar-refractivity contribution in [1.29, 1.82) is 0 Å². The fourth-order valence-corrected chi connectivity index (χ4v) is 1.36. The fraction of sp³-hybridized carbons (Fsp3) is 0.300. The Labute approximate surface area is 82.3 Å². The molecule has 1 amide bonds. The molecule has 0 saturated carbocycles. The number of carbonyl (C=O) groups excluding carboxylic acids is 1. The summed E-state index contributed by atoms with van der Waals surface area (Å²) in [6.07, 6.45) is 0.363. The summed E-state index contributed by atoms with van der Waals surface area (Å²) in [6.45, 7) is -0.0410. The molecule has 0 saturated heterocycles. The van der Waals surface area contributed by atoms with Gasteiger partial charge in [-0.2, -0.15) is 0 Å². The van der Waals surface area contributed by atoms with E-state index in [1.807, 2.05) is 0 Å². The maximum absolute atomic E-state index is 11.0. The number of methoxy groups -OCH3 is 1. The third kappa shape index (κ3) is 2.03. The zero-order chi connectivity index (χ0) is 10.6. The van der Waals surface area contributed by atoms with E-state index >= 15 is 0 Å². The topological polar surface area (TPSA) is 72.5 Å². The zero-order valence-corrected chi connectivity index (χ0v) is 7.99. The number of hydrogen-bond acceptors (Lipinski definition) is 3. The number of nitrogens with two attached hydrogens (primary N) is 1. The first-order chi connectivity index (χ1) is 6.70. The Morgan fingerprint density at radius 3 is 2.79 bits per heavy atom. The standard InChI is InChI=1S/C10H13NO3/c1-14-9-4-2-3-8(10(11)13)7(9)5-6-12/h2-4,12H,5-6H2,1H3,(H2,11,13). The van der Waals surface area contributed by atoms with Gasteiger partial charge >= 0.3 is 0 Å². The van der Waals surface area contributed by atoms with Gasteiger partial charge in [-0.1, -0.05) is 6.07 Å². The number of rotatable bonds is 4. The Bertz CT molecular complexity index is 336. The largest absolute Gasteiger partial charge is 0.496 e. The predicted octanol–water partition coefficient (Wildman–Crippen LogP) is 0.329. The molecule has 4 heteroatoms. The normalized spacial score (nSPS) is 9.86. The van der Waals surface area contributed by atoms with Crippen molar-refractivity contribution < 1.29 is 14.6 Å². The van der Waals surface area contributed by atoms with Gasteiger partial charge in [-0.3, -0.25) is 4.79 Å². The molecule has 3 N–H and O–H groups in total. The summed E-state index contributed by atoms with van der Waals surface area (Å²) < 4.78 is 5.07. The minimum Gasteiger partial charge on any atom is -0.496 e. The molecule has 0 bridgehead atoms. The van der Waals surface area contributed by atoms with Crippen LogP contribution in [0.25, 0.3) is 0 Å². The average molecular weight is 195 g/mol. The van der Waals surface area contributed by atoms with Crippen molar-refractivity contribution in [1.82, 2.24) is 0 Å². The first kappa shape index (κ1) is 10.5. The lowest BCUT2D eigenvalue weighted by molar-refractivity contribution is 0.0999. The summed E-state index contributed by atoms with van der Waals surface area (Å²) in [5, 5.41) is 8.84. The molecule has 0 aliphatic carbocycles. The van der Waals surface area contributed by atoms with E-state index in [-0.39, 0.29) is 6.61 Å². The number of hydrogen-bond donors (Lipinski definition) is 2. The second-order valence-electron chi connectivity index (χ2n) is 2.82. The van der Waals surface area contributed by atoms with Crippen LogP contribution in [0.2, 0.25) is 0 Å². The van der Waals surface area contributed by atoms with Crippen molar-refractivity contribution >= 4 is 5.91 Å². The molecule has 0 aromatic heterocycles. The van der Waals surface area contributed by atoms with E-state index in [0.717, 1.165) is 0 Å². The van der Waals surface area contributed by atoms with E-state index < -0.39 is 5.91 Å². The van der Waals surface area contributed by atoms with Crippen molar-refractivity contribution in [3.8, 4) is 5.75 Å². The first-order valence-electron chi connectivity index (χ1n) is 4.27. The molecule has 0 heterocycles. The molecule has 14 heavy (non-hydrogen) atoms. The molecule has 0 spiro atoms. The number of primary amides is 1. The van der Waals surface area contributed by atoms with Crippen molar-refractivity contribution in [3.05, 3.63) is 29.3 Å². The van der Waals surface area contributed by atoms with Crippen LogP contribution in [0.15, 0.2) is 18.2 Å². The Kier molecular flexibility index (Phi) is 3.48. The van der Waals surface area contributed by atoms with Crippen LogP contribution in [0.1, 0.15) is 15.9 Å². The van der Waals surface area contributed by atoms with Gasteiger partial charge in [-0.25, -0.2) is 0 Å². The summed E-state index contributed by atoms with van der Waals surface area (Å²) in [5.41, 5.74) is 6.25. The van der Waals surface area contributed by atoms with Crippen LogP contribution in [0, 0.1) is 0 Å². The highest BCUT2D eigenvalue weighted by molar-refractivity contribution is 5.95. The summed E-state index contributed by atoms with van der Waals surface area (Å²) >= 11 is 0. The van der Waals surface area contributed by atoms with Crippen molar-refractivity contribution in [2.75, 3.05) is 13.7 Å². The molecule has 0 fully saturated rings. The molecule has 1 aromatic rings. The van der Waals surface area contributed by atoms with E-state index in [2.05, 4.69) is 0 Å². The maximum Gasteiger partial charge on any atom is 0.249 e. The van der Waals surface area contributed by atoms with Crippen LogP contribution >= 0.6 is 0 Å². The second kappa shape index (κ2) is 4.62. The maximum atomic E-state index is 11.0. The van der Waals surface area contributed by atoms with E-state index in [4.69, 9.17) is 15.6 Å². The molecule has 0 radical (unpaired) electrons. The average Bonchev–Trinajstić information content (AvgIpc) is 2.18. The molecule has 1 aromatic carbocycles. The Morgan fingerprint density at radius 1 is 1.57 bits per heavy atom. The lowest BCUT2D eigenvalue weighted by atomic mass is 10.0. The highest BCUT2D eigenvalue weighted by Gasteiger charge is 2.11. The molecule has 4 nitrogen and oxygen atoms in total. The SMILES string of the molecule is COc1cccc(C(N)=O)c1CCO.